The molecular formula is C9H17N3. The molecule has 0 spiro atoms. The number of nitrogens with zero attached hydrogens (tertiary/aromatic N) is 2. The van der Waals surface area contributed by atoms with E-state index in [9.17, 15) is 0 Å². The van der Waals surface area contributed by atoms with Crippen LogP contribution in [0.3, 0.4) is 0 Å². The number of aromatic nitrogens is 2. The topological polar surface area (TPSA) is 37.8 Å². The SMILES string of the molecule is CCC.CCNc1ncccn1. The van der Waals surface area contributed by atoms with Crippen molar-refractivity contribution in [1.82, 2.24) is 9.97 Å². The number of rotatable bonds is 2. The smallest absolute Gasteiger partial charge is 0.222 e. The molecule has 0 aliphatic carbocycles. The summed E-state index contributed by atoms with van der Waals surface area (Å²) in [5, 5.41) is 2.99. The Balaban J connectivity index is 0.000000354. The van der Waals surface area contributed by atoms with Crippen molar-refractivity contribution in [2.24, 2.45) is 0 Å². The van der Waals surface area contributed by atoms with Crippen molar-refractivity contribution in [3.05, 3.63) is 18.5 Å². The van der Waals surface area contributed by atoms with Crippen LogP contribution in [0.1, 0.15) is 27.2 Å². The van der Waals surface area contributed by atoms with Gasteiger partial charge in [-0.1, -0.05) is 20.3 Å². The molecule has 0 saturated carbocycles. The van der Waals surface area contributed by atoms with Gasteiger partial charge in [-0.05, 0) is 13.0 Å². The number of hydrogen-bond donors (Lipinski definition) is 1. The molecule has 0 aliphatic rings. The Morgan fingerprint density at radius 3 is 2.08 bits per heavy atom. The zero-order chi connectivity index (χ0) is 9.23. The van der Waals surface area contributed by atoms with E-state index in [0.29, 0.717) is 5.95 Å². The highest BCUT2D eigenvalue weighted by Gasteiger charge is 1.85. The van der Waals surface area contributed by atoms with Crippen LogP contribution in [0.5, 0.6) is 0 Å². The molecule has 0 unspecified atom stereocenters. The standard InChI is InChI=1S/C6H9N3.C3H8/c1-2-7-6-8-4-3-5-9-6;1-3-2/h3-5H,2H2,1H3,(H,7,8,9);3H2,1-2H3. The second-order valence-electron chi connectivity index (χ2n) is 2.31. The van der Waals surface area contributed by atoms with Gasteiger partial charge in [0.25, 0.3) is 0 Å². The first-order valence-electron chi connectivity index (χ1n) is 4.36. The lowest BCUT2D eigenvalue weighted by atomic mass is 10.6. The van der Waals surface area contributed by atoms with Gasteiger partial charge in [-0.25, -0.2) is 9.97 Å². The van der Waals surface area contributed by atoms with Crippen molar-refractivity contribution in [1.29, 1.82) is 0 Å². The van der Waals surface area contributed by atoms with Crippen LogP contribution in [0.15, 0.2) is 18.5 Å². The highest BCUT2D eigenvalue weighted by atomic mass is 15.1. The Bertz CT molecular complexity index is 174. The largest absolute Gasteiger partial charge is 0.355 e. The van der Waals surface area contributed by atoms with Gasteiger partial charge >= 0.3 is 0 Å². The van der Waals surface area contributed by atoms with Crippen LogP contribution in [0, 0.1) is 0 Å². The van der Waals surface area contributed by atoms with Crippen molar-refractivity contribution < 1.29 is 0 Å². The first kappa shape index (κ1) is 10.9. The highest BCUT2D eigenvalue weighted by Crippen LogP contribution is 1.90. The van der Waals surface area contributed by atoms with Gasteiger partial charge in [0.2, 0.25) is 5.95 Å². The summed E-state index contributed by atoms with van der Waals surface area (Å²) in [6, 6.07) is 1.79. The molecule has 0 bridgehead atoms. The maximum atomic E-state index is 3.95. The maximum absolute atomic E-state index is 3.95. The molecule has 0 saturated heterocycles. The molecular weight excluding hydrogens is 150 g/mol. The maximum Gasteiger partial charge on any atom is 0.222 e. The minimum absolute atomic E-state index is 0.694. The molecule has 12 heavy (non-hydrogen) atoms. The van der Waals surface area contributed by atoms with Gasteiger partial charge in [0.05, 0.1) is 0 Å². The Morgan fingerprint density at radius 2 is 1.67 bits per heavy atom. The normalized spacial score (nSPS) is 8.25. The lowest BCUT2D eigenvalue weighted by Gasteiger charge is -1.96. The average molecular weight is 167 g/mol. The first-order valence-corrected chi connectivity index (χ1v) is 4.36. The van der Waals surface area contributed by atoms with E-state index in [4.69, 9.17) is 0 Å². The quantitative estimate of drug-likeness (QED) is 0.734. The van der Waals surface area contributed by atoms with Gasteiger partial charge < -0.3 is 5.32 Å². The Morgan fingerprint density at radius 1 is 1.17 bits per heavy atom. The predicted molar refractivity (Wildman–Crippen MR) is 52.2 cm³/mol. The molecule has 1 aromatic heterocycles. The summed E-state index contributed by atoms with van der Waals surface area (Å²) >= 11 is 0. The minimum Gasteiger partial charge on any atom is -0.355 e. The molecule has 3 nitrogen and oxygen atoms in total. The lowest BCUT2D eigenvalue weighted by Crippen LogP contribution is -2.00. The lowest BCUT2D eigenvalue weighted by molar-refractivity contribution is 1.08. The van der Waals surface area contributed by atoms with Gasteiger partial charge in [-0.2, -0.15) is 0 Å². The molecule has 0 aromatic carbocycles. The van der Waals surface area contributed by atoms with Gasteiger partial charge in [0, 0.05) is 18.9 Å². The van der Waals surface area contributed by atoms with Gasteiger partial charge in [-0.3, -0.25) is 0 Å². The Kier molecular flexibility index (Phi) is 7.24. The second kappa shape index (κ2) is 7.98. The molecule has 3 heteroatoms. The predicted octanol–water partition coefficient (Wildman–Crippen LogP) is 2.32. The van der Waals surface area contributed by atoms with Crippen LogP contribution >= 0.6 is 0 Å². The zero-order valence-corrected chi connectivity index (χ0v) is 8.04. The molecule has 0 amide bonds. The fourth-order valence-corrected chi connectivity index (χ4v) is 0.548. The summed E-state index contributed by atoms with van der Waals surface area (Å²) in [4.78, 5) is 7.89. The van der Waals surface area contributed by atoms with Gasteiger partial charge in [0.15, 0.2) is 0 Å². The van der Waals surface area contributed by atoms with Crippen LogP contribution in [-0.2, 0) is 0 Å². The fraction of sp³-hybridized carbons (Fsp3) is 0.556. The molecule has 0 atom stereocenters. The summed E-state index contributed by atoms with van der Waals surface area (Å²) in [5.74, 6) is 0.694. The van der Waals surface area contributed by atoms with Crippen LogP contribution in [0.4, 0.5) is 5.95 Å². The fourth-order valence-electron chi connectivity index (χ4n) is 0.548. The summed E-state index contributed by atoms with van der Waals surface area (Å²) in [6.45, 7) is 7.13. The van der Waals surface area contributed by atoms with Crippen molar-refractivity contribution in [2.45, 2.75) is 27.2 Å². The van der Waals surface area contributed by atoms with E-state index >= 15 is 0 Å². The Labute approximate surface area is 74.3 Å². The molecule has 1 rings (SSSR count). The van der Waals surface area contributed by atoms with Gasteiger partial charge in [0.1, 0.15) is 0 Å². The van der Waals surface area contributed by atoms with Crippen LogP contribution in [0.25, 0.3) is 0 Å². The van der Waals surface area contributed by atoms with E-state index in [1.165, 1.54) is 6.42 Å². The van der Waals surface area contributed by atoms with Gasteiger partial charge in [-0.15, -0.1) is 0 Å². The number of nitrogens with one attached hydrogen (secondary N) is 1. The molecule has 1 aromatic rings. The van der Waals surface area contributed by atoms with E-state index in [-0.39, 0.29) is 0 Å². The van der Waals surface area contributed by atoms with E-state index < -0.39 is 0 Å². The minimum atomic E-state index is 0.694. The third-order valence-electron chi connectivity index (χ3n) is 0.901. The van der Waals surface area contributed by atoms with Crippen molar-refractivity contribution >= 4 is 5.95 Å². The van der Waals surface area contributed by atoms with E-state index in [1.807, 2.05) is 6.92 Å². The van der Waals surface area contributed by atoms with Crippen LogP contribution < -0.4 is 5.32 Å². The number of hydrogen-bond acceptors (Lipinski definition) is 3. The highest BCUT2D eigenvalue weighted by molar-refractivity contribution is 5.20. The zero-order valence-electron chi connectivity index (χ0n) is 8.04. The monoisotopic (exact) mass is 167 g/mol. The molecule has 1 N–H and O–H groups in total. The Hall–Kier alpha value is -1.12. The van der Waals surface area contributed by atoms with E-state index in [0.717, 1.165) is 6.54 Å². The van der Waals surface area contributed by atoms with Crippen molar-refractivity contribution in [3.63, 3.8) is 0 Å². The molecule has 0 fully saturated rings. The summed E-state index contributed by atoms with van der Waals surface area (Å²) in [7, 11) is 0. The van der Waals surface area contributed by atoms with Crippen molar-refractivity contribution in [2.75, 3.05) is 11.9 Å². The van der Waals surface area contributed by atoms with Crippen LogP contribution in [0.2, 0.25) is 0 Å². The van der Waals surface area contributed by atoms with Crippen molar-refractivity contribution in [3.8, 4) is 0 Å². The molecule has 0 aliphatic heterocycles. The third-order valence-corrected chi connectivity index (χ3v) is 0.901. The molecule has 68 valence electrons. The van der Waals surface area contributed by atoms with E-state index in [2.05, 4.69) is 29.1 Å². The summed E-state index contributed by atoms with van der Waals surface area (Å²) < 4.78 is 0. The van der Waals surface area contributed by atoms with Crippen LogP contribution in [-0.4, -0.2) is 16.5 Å². The number of anilines is 1. The third kappa shape index (κ3) is 5.65. The average Bonchev–Trinajstić information content (AvgIpc) is 2.08. The summed E-state index contributed by atoms with van der Waals surface area (Å²) in [5.41, 5.74) is 0. The second-order valence-corrected chi connectivity index (χ2v) is 2.31. The molecule has 0 radical (unpaired) electrons. The van der Waals surface area contributed by atoms with E-state index in [1.54, 1.807) is 18.5 Å². The summed E-state index contributed by atoms with van der Waals surface area (Å²) in [6.07, 6.45) is 4.68. The molecule has 1 heterocycles. The first-order chi connectivity index (χ1) is 5.85.